The van der Waals surface area contributed by atoms with Gasteiger partial charge in [0.05, 0.1) is 6.54 Å². The summed E-state index contributed by atoms with van der Waals surface area (Å²) in [6.07, 6.45) is 3.91. The van der Waals surface area contributed by atoms with E-state index in [1.54, 1.807) is 6.33 Å². The Hall–Kier alpha value is -2.18. The van der Waals surface area contributed by atoms with Crippen LogP contribution in [0, 0.1) is 0 Å². The van der Waals surface area contributed by atoms with Crippen LogP contribution >= 0.6 is 0 Å². The van der Waals surface area contributed by atoms with E-state index in [1.807, 2.05) is 11.5 Å². The van der Waals surface area contributed by atoms with Gasteiger partial charge in [0.15, 0.2) is 5.82 Å². The van der Waals surface area contributed by atoms with Gasteiger partial charge in [0.1, 0.15) is 18.0 Å². The Kier molecular flexibility index (Phi) is 3.02. The molecule has 7 heteroatoms. The molecule has 1 aliphatic carbocycles. The molecule has 0 atom stereocenters. The normalized spacial score (nSPS) is 14.6. The zero-order valence-corrected chi connectivity index (χ0v) is 10.8. The molecule has 1 fully saturated rings. The molecule has 0 spiro atoms. The summed E-state index contributed by atoms with van der Waals surface area (Å²) >= 11 is 0. The van der Waals surface area contributed by atoms with E-state index in [9.17, 15) is 4.79 Å². The van der Waals surface area contributed by atoms with E-state index in [0.29, 0.717) is 18.3 Å². The number of hydrogen-bond donors (Lipinski definition) is 2. The van der Waals surface area contributed by atoms with Crippen LogP contribution in [0.15, 0.2) is 17.2 Å². The first-order chi connectivity index (χ1) is 9.26. The minimum absolute atomic E-state index is 0.114. The van der Waals surface area contributed by atoms with Gasteiger partial charge in [-0.1, -0.05) is 0 Å². The molecular formula is C12H16N6O. The standard InChI is InChI=1S/C12H16N6O/c1-2-18-7-14-17-10(18)6-13-9-5-11(19)16-12(15-9)8-3-4-8/h5,7-8H,2-4,6H2,1H3,(H2,13,15,16,19). The van der Waals surface area contributed by atoms with Crippen molar-refractivity contribution in [2.75, 3.05) is 5.32 Å². The zero-order chi connectivity index (χ0) is 13.2. The summed E-state index contributed by atoms with van der Waals surface area (Å²) in [6.45, 7) is 3.36. The van der Waals surface area contributed by atoms with Crippen LogP contribution in [0.4, 0.5) is 5.82 Å². The number of anilines is 1. The maximum absolute atomic E-state index is 11.6. The first-order valence-corrected chi connectivity index (χ1v) is 6.48. The third kappa shape index (κ3) is 2.64. The Balaban J connectivity index is 1.74. The second kappa shape index (κ2) is 4.83. The molecule has 3 rings (SSSR count). The molecule has 2 heterocycles. The van der Waals surface area contributed by atoms with Gasteiger partial charge in [0.25, 0.3) is 5.56 Å². The first-order valence-electron chi connectivity index (χ1n) is 6.48. The van der Waals surface area contributed by atoms with E-state index in [4.69, 9.17) is 0 Å². The van der Waals surface area contributed by atoms with Gasteiger partial charge >= 0.3 is 0 Å². The second-order valence-electron chi connectivity index (χ2n) is 4.68. The van der Waals surface area contributed by atoms with E-state index >= 15 is 0 Å². The Labute approximate surface area is 110 Å². The number of aromatic amines is 1. The third-order valence-electron chi connectivity index (χ3n) is 3.19. The van der Waals surface area contributed by atoms with E-state index in [2.05, 4.69) is 25.5 Å². The van der Waals surface area contributed by atoms with E-state index in [-0.39, 0.29) is 5.56 Å². The molecule has 0 bridgehead atoms. The minimum Gasteiger partial charge on any atom is -0.363 e. The molecule has 0 unspecified atom stereocenters. The lowest BCUT2D eigenvalue weighted by Crippen LogP contribution is -2.14. The van der Waals surface area contributed by atoms with Crippen LogP contribution in [0.2, 0.25) is 0 Å². The summed E-state index contributed by atoms with van der Waals surface area (Å²) in [5.41, 5.74) is -0.114. The largest absolute Gasteiger partial charge is 0.363 e. The zero-order valence-electron chi connectivity index (χ0n) is 10.8. The predicted molar refractivity (Wildman–Crippen MR) is 69.9 cm³/mol. The molecule has 7 nitrogen and oxygen atoms in total. The lowest BCUT2D eigenvalue weighted by atomic mass is 10.4. The van der Waals surface area contributed by atoms with Crippen molar-refractivity contribution in [2.24, 2.45) is 0 Å². The Morgan fingerprint density at radius 2 is 2.37 bits per heavy atom. The molecule has 2 aromatic heterocycles. The number of H-pyrrole nitrogens is 1. The number of nitrogens with one attached hydrogen (secondary N) is 2. The SMILES string of the molecule is CCn1cnnc1CNc1cc(=O)[nH]c(C2CC2)n1. The molecule has 0 saturated heterocycles. The maximum atomic E-state index is 11.6. The maximum Gasteiger partial charge on any atom is 0.252 e. The highest BCUT2D eigenvalue weighted by Crippen LogP contribution is 2.37. The summed E-state index contributed by atoms with van der Waals surface area (Å²) in [6, 6.07) is 1.47. The van der Waals surface area contributed by atoms with Gasteiger partial charge < -0.3 is 14.9 Å². The van der Waals surface area contributed by atoms with Crippen molar-refractivity contribution in [3.63, 3.8) is 0 Å². The van der Waals surface area contributed by atoms with Gasteiger partial charge in [-0.3, -0.25) is 4.79 Å². The van der Waals surface area contributed by atoms with Gasteiger partial charge in [-0.15, -0.1) is 10.2 Å². The summed E-state index contributed by atoms with van der Waals surface area (Å²) in [5.74, 6) is 2.63. The van der Waals surface area contributed by atoms with Crippen LogP contribution in [0.25, 0.3) is 0 Å². The molecule has 0 radical (unpaired) electrons. The molecule has 19 heavy (non-hydrogen) atoms. The lowest BCUT2D eigenvalue weighted by Gasteiger charge is -2.07. The van der Waals surface area contributed by atoms with Crippen LogP contribution in [0.3, 0.4) is 0 Å². The highest BCUT2D eigenvalue weighted by Gasteiger charge is 2.26. The molecule has 1 saturated carbocycles. The van der Waals surface area contributed by atoms with Crippen LogP contribution in [-0.2, 0) is 13.1 Å². The van der Waals surface area contributed by atoms with Crippen molar-refractivity contribution in [1.82, 2.24) is 24.7 Å². The first kappa shape index (κ1) is 11.9. The lowest BCUT2D eigenvalue weighted by molar-refractivity contribution is 0.706. The van der Waals surface area contributed by atoms with Crippen molar-refractivity contribution in [3.05, 3.63) is 34.4 Å². The van der Waals surface area contributed by atoms with Gasteiger partial charge in [-0.25, -0.2) is 4.98 Å². The van der Waals surface area contributed by atoms with Crippen molar-refractivity contribution in [3.8, 4) is 0 Å². The summed E-state index contributed by atoms with van der Waals surface area (Å²) < 4.78 is 1.95. The quantitative estimate of drug-likeness (QED) is 0.832. The van der Waals surface area contributed by atoms with E-state index in [0.717, 1.165) is 31.0 Å². The fourth-order valence-electron chi connectivity index (χ4n) is 1.97. The smallest absolute Gasteiger partial charge is 0.252 e. The third-order valence-corrected chi connectivity index (χ3v) is 3.19. The molecule has 0 aromatic carbocycles. The van der Waals surface area contributed by atoms with Crippen molar-refractivity contribution in [2.45, 2.75) is 38.8 Å². The van der Waals surface area contributed by atoms with E-state index < -0.39 is 0 Å². The van der Waals surface area contributed by atoms with Crippen LogP contribution in [0.1, 0.15) is 37.3 Å². The van der Waals surface area contributed by atoms with E-state index in [1.165, 1.54) is 6.07 Å². The fourth-order valence-corrected chi connectivity index (χ4v) is 1.97. The second-order valence-corrected chi connectivity index (χ2v) is 4.68. The monoisotopic (exact) mass is 260 g/mol. The Morgan fingerprint density at radius 3 is 3.11 bits per heavy atom. The molecule has 0 amide bonds. The van der Waals surface area contributed by atoms with Crippen LogP contribution in [-0.4, -0.2) is 24.7 Å². The molecule has 2 aromatic rings. The highest BCUT2D eigenvalue weighted by molar-refractivity contribution is 5.34. The predicted octanol–water partition coefficient (Wildman–Crippen LogP) is 0.871. The fraction of sp³-hybridized carbons (Fsp3) is 0.500. The summed E-state index contributed by atoms with van der Waals surface area (Å²) in [5, 5.41) is 11.0. The summed E-state index contributed by atoms with van der Waals surface area (Å²) in [7, 11) is 0. The van der Waals surface area contributed by atoms with Gasteiger partial charge in [-0.2, -0.15) is 0 Å². The topological polar surface area (TPSA) is 88.5 Å². The van der Waals surface area contributed by atoms with Gasteiger partial charge in [0, 0.05) is 18.5 Å². The molecule has 1 aliphatic rings. The van der Waals surface area contributed by atoms with Crippen LogP contribution < -0.4 is 10.9 Å². The molecule has 0 aliphatic heterocycles. The number of aryl methyl sites for hydroxylation is 1. The number of aromatic nitrogens is 5. The minimum atomic E-state index is -0.114. The summed E-state index contributed by atoms with van der Waals surface area (Å²) in [4.78, 5) is 18.8. The van der Waals surface area contributed by atoms with Crippen LogP contribution in [0.5, 0.6) is 0 Å². The number of rotatable bonds is 5. The van der Waals surface area contributed by atoms with Gasteiger partial charge in [-0.05, 0) is 19.8 Å². The molecule has 100 valence electrons. The average Bonchev–Trinajstić information content (AvgIpc) is 3.15. The van der Waals surface area contributed by atoms with Crippen molar-refractivity contribution >= 4 is 5.82 Å². The number of hydrogen-bond acceptors (Lipinski definition) is 5. The average molecular weight is 260 g/mol. The number of nitrogens with zero attached hydrogens (tertiary/aromatic N) is 4. The Bertz CT molecular complexity index is 627. The van der Waals surface area contributed by atoms with Gasteiger partial charge in [0.2, 0.25) is 0 Å². The molecular weight excluding hydrogens is 244 g/mol. The molecule has 2 N–H and O–H groups in total. The van der Waals surface area contributed by atoms with Crippen molar-refractivity contribution in [1.29, 1.82) is 0 Å². The Morgan fingerprint density at radius 1 is 1.53 bits per heavy atom. The highest BCUT2D eigenvalue weighted by atomic mass is 16.1. The van der Waals surface area contributed by atoms with Crippen molar-refractivity contribution < 1.29 is 0 Å².